The third-order valence-electron chi connectivity index (χ3n) is 11.4. The van der Waals surface area contributed by atoms with E-state index in [1.54, 1.807) is 25.1 Å². The van der Waals surface area contributed by atoms with Crippen molar-refractivity contribution < 1.29 is 76.6 Å². The Hall–Kier alpha value is -4.83. The van der Waals surface area contributed by atoms with Crippen LogP contribution in [0.2, 0.25) is 0 Å². The van der Waals surface area contributed by atoms with Crippen LogP contribution in [0.25, 0.3) is 0 Å². The number of hydrogen-bond acceptors (Lipinski definition) is 16. The van der Waals surface area contributed by atoms with E-state index in [0.717, 1.165) is 34.6 Å². The van der Waals surface area contributed by atoms with Crippen LogP contribution in [0, 0.1) is 16.7 Å². The lowest BCUT2D eigenvalue weighted by Gasteiger charge is -2.65. The Morgan fingerprint density at radius 1 is 0.782 bits per heavy atom. The number of esters is 7. The highest BCUT2D eigenvalue weighted by Crippen LogP contribution is 2.69. The summed E-state index contributed by atoms with van der Waals surface area (Å²) in [7, 11) is 0. The van der Waals surface area contributed by atoms with Crippen LogP contribution in [0.15, 0.2) is 41.5 Å². The first-order chi connectivity index (χ1) is 25.6. The minimum Gasteiger partial charge on any atom is -0.465 e. The van der Waals surface area contributed by atoms with Gasteiger partial charge in [-0.15, -0.1) is 0 Å². The van der Waals surface area contributed by atoms with E-state index in [1.807, 2.05) is 0 Å². The lowest BCUT2D eigenvalue weighted by atomic mass is 9.49. The van der Waals surface area contributed by atoms with Crippen molar-refractivity contribution in [2.45, 2.75) is 123 Å². The molecule has 1 aromatic carbocycles. The summed E-state index contributed by atoms with van der Waals surface area (Å²) in [5.41, 5.74) is -7.47. The normalized spacial score (nSPS) is 33.5. The smallest absolute Gasteiger partial charge is 0.338 e. The highest BCUT2D eigenvalue weighted by atomic mass is 16.6. The van der Waals surface area contributed by atoms with Gasteiger partial charge in [0.25, 0.3) is 0 Å². The van der Waals surface area contributed by atoms with Gasteiger partial charge in [-0.25, -0.2) is 4.79 Å². The number of carbonyl (C=O) groups is 7. The Morgan fingerprint density at radius 3 is 1.87 bits per heavy atom. The second kappa shape index (κ2) is 15.0. The minimum atomic E-state index is -2.09. The van der Waals surface area contributed by atoms with E-state index >= 15 is 0 Å². The summed E-state index contributed by atoms with van der Waals surface area (Å²) in [6, 6.07) is 7.86. The molecule has 1 N–H and O–H groups in total. The standard InChI is InChI=1S/C39H48O16/c1-19-27(50-21(3)41)16-38(36(8,9)47)30(19)31(52-23(5)43)33(53-24(6)44)37(17-48-20(2)40)28(51-22(4)42)15-29-39(18-49-29,55-25(7)45)32(37)34(38)54-35(46)26-13-11-10-12-14-26/h10-14,27-29,31-34,47H,15-18H2,1-9H3/t27-,28+,29+,31+,32-,33-,34-,37+,38-,39-/m0/s1. The van der Waals surface area contributed by atoms with Crippen molar-refractivity contribution in [2.75, 3.05) is 13.2 Å². The molecule has 0 unspecified atom stereocenters. The van der Waals surface area contributed by atoms with E-state index in [0.29, 0.717) is 0 Å². The van der Waals surface area contributed by atoms with E-state index in [9.17, 15) is 38.7 Å². The lowest BCUT2D eigenvalue weighted by Crippen LogP contribution is -2.80. The predicted octanol–water partition coefficient (Wildman–Crippen LogP) is 2.70. The highest BCUT2D eigenvalue weighted by molar-refractivity contribution is 5.89. The highest BCUT2D eigenvalue weighted by Gasteiger charge is 2.82. The van der Waals surface area contributed by atoms with Gasteiger partial charge < -0.3 is 43.0 Å². The van der Waals surface area contributed by atoms with Crippen LogP contribution in [0.3, 0.4) is 0 Å². The van der Waals surface area contributed by atoms with Gasteiger partial charge in [-0.05, 0) is 44.1 Å². The van der Waals surface area contributed by atoms with E-state index in [2.05, 4.69) is 0 Å². The summed E-state index contributed by atoms with van der Waals surface area (Å²) < 4.78 is 48.8. The van der Waals surface area contributed by atoms with Gasteiger partial charge in [0.05, 0.1) is 34.5 Å². The van der Waals surface area contributed by atoms with E-state index in [4.69, 9.17) is 37.9 Å². The molecule has 0 radical (unpaired) electrons. The van der Waals surface area contributed by atoms with Crippen LogP contribution in [0.5, 0.6) is 0 Å². The molecule has 16 nitrogen and oxygen atoms in total. The van der Waals surface area contributed by atoms with Crippen molar-refractivity contribution in [1.82, 2.24) is 0 Å². The number of fused-ring (bicyclic) bond motifs is 4. The van der Waals surface area contributed by atoms with Crippen molar-refractivity contribution >= 4 is 41.8 Å². The van der Waals surface area contributed by atoms with E-state index in [1.165, 1.54) is 32.9 Å². The third-order valence-corrected chi connectivity index (χ3v) is 11.4. The van der Waals surface area contributed by atoms with Crippen molar-refractivity contribution in [2.24, 2.45) is 16.7 Å². The number of benzene rings is 1. The van der Waals surface area contributed by atoms with Crippen LogP contribution in [0.1, 0.15) is 85.5 Å². The number of aliphatic hydroxyl groups is 1. The molecule has 10 atom stereocenters. The van der Waals surface area contributed by atoms with Crippen molar-refractivity contribution in [3.63, 3.8) is 0 Å². The first kappa shape index (κ1) is 41.3. The molecule has 300 valence electrons. The van der Waals surface area contributed by atoms with Crippen molar-refractivity contribution in [1.29, 1.82) is 0 Å². The first-order valence-electron chi connectivity index (χ1n) is 17.9. The van der Waals surface area contributed by atoms with Gasteiger partial charge >= 0.3 is 41.8 Å². The summed E-state index contributed by atoms with van der Waals surface area (Å²) >= 11 is 0. The molecule has 1 heterocycles. The summed E-state index contributed by atoms with van der Waals surface area (Å²) in [5.74, 6) is -7.41. The summed E-state index contributed by atoms with van der Waals surface area (Å²) in [5, 5.41) is 12.7. The fourth-order valence-corrected chi connectivity index (χ4v) is 9.55. The molecule has 5 rings (SSSR count). The average Bonchev–Trinajstić information content (AvgIpc) is 3.31. The Bertz CT molecular complexity index is 1780. The molecular formula is C39H48O16. The monoisotopic (exact) mass is 772 g/mol. The van der Waals surface area contributed by atoms with Gasteiger partial charge in [-0.1, -0.05) is 18.2 Å². The topological polar surface area (TPSA) is 214 Å². The molecule has 55 heavy (non-hydrogen) atoms. The number of ether oxygens (including phenoxy) is 8. The maximum atomic E-state index is 14.5. The number of rotatable bonds is 10. The summed E-state index contributed by atoms with van der Waals surface area (Å²) in [6.45, 7) is 10.1. The molecule has 16 heteroatoms. The van der Waals surface area contributed by atoms with Gasteiger partial charge in [0.2, 0.25) is 0 Å². The average molecular weight is 773 g/mol. The van der Waals surface area contributed by atoms with Crippen LogP contribution >= 0.6 is 0 Å². The molecule has 3 fully saturated rings. The summed E-state index contributed by atoms with van der Waals surface area (Å²) in [6.07, 6.45) is -9.35. The summed E-state index contributed by atoms with van der Waals surface area (Å²) in [4.78, 5) is 92.8. The van der Waals surface area contributed by atoms with Crippen LogP contribution in [0.4, 0.5) is 0 Å². The molecule has 4 aliphatic rings. The van der Waals surface area contributed by atoms with E-state index < -0.39 is 113 Å². The molecule has 1 aliphatic heterocycles. The molecule has 3 aliphatic carbocycles. The fourth-order valence-electron chi connectivity index (χ4n) is 9.55. The maximum Gasteiger partial charge on any atom is 0.338 e. The van der Waals surface area contributed by atoms with Gasteiger partial charge in [-0.3, -0.25) is 28.8 Å². The molecule has 0 spiro atoms. The Kier molecular flexibility index (Phi) is 11.3. The largest absolute Gasteiger partial charge is 0.465 e. The molecular weight excluding hydrogens is 724 g/mol. The lowest BCUT2D eigenvalue weighted by molar-refractivity contribution is -0.358. The first-order valence-corrected chi connectivity index (χ1v) is 17.9. The Labute approximate surface area is 318 Å². The zero-order chi connectivity index (χ0) is 40.8. The fraction of sp³-hybridized carbons (Fsp3) is 0.615. The number of hydrogen-bond donors (Lipinski definition) is 1. The van der Waals surface area contributed by atoms with Crippen molar-refractivity contribution in [3.05, 3.63) is 47.0 Å². The Morgan fingerprint density at radius 2 is 1.38 bits per heavy atom. The zero-order valence-corrected chi connectivity index (χ0v) is 32.3. The molecule has 1 aromatic rings. The number of carbonyl (C=O) groups excluding carboxylic acids is 7. The van der Waals surface area contributed by atoms with Gasteiger partial charge in [0, 0.05) is 54.4 Å². The molecule has 0 bridgehead atoms. The van der Waals surface area contributed by atoms with Gasteiger partial charge in [-0.2, -0.15) is 0 Å². The van der Waals surface area contributed by atoms with Gasteiger partial charge in [0.15, 0.2) is 17.8 Å². The third kappa shape index (κ3) is 7.10. The second-order valence-corrected chi connectivity index (χ2v) is 15.2. The van der Waals surface area contributed by atoms with Crippen LogP contribution < -0.4 is 0 Å². The SMILES string of the molecule is CC(=O)OC[C@@]12[C@H]([C@H](OC(=O)c3ccccc3)[C@]3(C(C)(C)O)C[C@H](OC(C)=O)C(C)=C3[C@@H](OC(C)=O)[C@@H]1OC(C)=O)[C@]1(OC(C)=O)CO[C@@H]1C[C@H]2OC(C)=O. The quantitative estimate of drug-likeness (QED) is 0.206. The molecule has 1 saturated heterocycles. The minimum absolute atomic E-state index is 0.0616. The van der Waals surface area contributed by atoms with Gasteiger partial charge in [0.1, 0.15) is 31.0 Å². The van der Waals surface area contributed by atoms with Crippen molar-refractivity contribution in [3.8, 4) is 0 Å². The molecule has 0 amide bonds. The predicted molar refractivity (Wildman–Crippen MR) is 185 cm³/mol. The van der Waals surface area contributed by atoms with Crippen LogP contribution in [-0.2, 0) is 66.7 Å². The zero-order valence-electron chi connectivity index (χ0n) is 32.3. The second-order valence-electron chi connectivity index (χ2n) is 15.2. The van der Waals surface area contributed by atoms with E-state index in [-0.39, 0.29) is 36.2 Å². The van der Waals surface area contributed by atoms with Crippen LogP contribution in [-0.4, -0.2) is 108 Å². The Balaban J connectivity index is 2.05. The molecule has 0 aromatic heterocycles. The maximum absolute atomic E-state index is 14.5. The molecule has 2 saturated carbocycles.